The highest BCUT2D eigenvalue weighted by atomic mass is 127. The van der Waals surface area contributed by atoms with Gasteiger partial charge in [-0.2, -0.15) is 0 Å². The number of nitrogens with one attached hydrogen (secondary N) is 2. The Morgan fingerprint density at radius 3 is 2.75 bits per heavy atom. The van der Waals surface area contributed by atoms with Crippen LogP contribution in [-0.2, 0) is 9.84 Å². The number of aliphatic imine (C=N–C) groups is 1. The first-order chi connectivity index (χ1) is 10.9. The number of guanidine groups is 1. The summed E-state index contributed by atoms with van der Waals surface area (Å²) in [5.41, 5.74) is 0. The lowest BCUT2D eigenvalue weighted by molar-refractivity contribution is 0.222. The van der Waals surface area contributed by atoms with E-state index < -0.39 is 9.84 Å². The number of ether oxygens (including phenoxy) is 1. The summed E-state index contributed by atoms with van der Waals surface area (Å²) in [5.74, 6) is 1.78. The van der Waals surface area contributed by atoms with Crippen molar-refractivity contribution in [2.45, 2.75) is 25.5 Å². The van der Waals surface area contributed by atoms with Gasteiger partial charge in [0.15, 0.2) is 15.8 Å². The van der Waals surface area contributed by atoms with Crippen molar-refractivity contribution in [3.8, 4) is 5.75 Å². The van der Waals surface area contributed by atoms with Crippen molar-refractivity contribution in [1.29, 1.82) is 0 Å². The second kappa shape index (κ2) is 9.81. The number of benzene rings is 1. The SMILES string of the molecule is CN=C(NCC(C)Oc1ccccc1Br)NC1CCS(=O)(=O)C1.I. The number of sulfone groups is 1. The van der Waals surface area contributed by atoms with Gasteiger partial charge >= 0.3 is 0 Å². The third-order valence-electron chi connectivity index (χ3n) is 3.52. The zero-order valence-corrected chi connectivity index (χ0v) is 18.4. The lowest BCUT2D eigenvalue weighted by atomic mass is 10.3. The summed E-state index contributed by atoms with van der Waals surface area (Å²) in [6.07, 6.45) is 0.547. The number of halogens is 2. The molecule has 136 valence electrons. The van der Waals surface area contributed by atoms with Gasteiger partial charge in [0.2, 0.25) is 0 Å². The van der Waals surface area contributed by atoms with E-state index in [9.17, 15) is 8.42 Å². The first-order valence-corrected chi connectivity index (χ1v) is 10.1. The van der Waals surface area contributed by atoms with Gasteiger partial charge in [-0.25, -0.2) is 8.42 Å². The second-order valence-corrected chi connectivity index (χ2v) is 8.64. The molecule has 2 N–H and O–H groups in total. The molecule has 1 fully saturated rings. The van der Waals surface area contributed by atoms with Crippen LogP contribution in [0.15, 0.2) is 33.7 Å². The van der Waals surface area contributed by atoms with Crippen molar-refractivity contribution in [3.05, 3.63) is 28.7 Å². The quantitative estimate of drug-likeness (QED) is 0.346. The third-order valence-corrected chi connectivity index (χ3v) is 5.94. The van der Waals surface area contributed by atoms with Gasteiger partial charge in [-0.3, -0.25) is 4.99 Å². The van der Waals surface area contributed by atoms with E-state index in [0.717, 1.165) is 10.2 Å². The Morgan fingerprint density at radius 1 is 1.46 bits per heavy atom. The second-order valence-electron chi connectivity index (χ2n) is 5.56. The molecule has 1 heterocycles. The molecule has 1 aromatic carbocycles. The zero-order chi connectivity index (χ0) is 16.9. The van der Waals surface area contributed by atoms with E-state index in [1.54, 1.807) is 7.05 Å². The Hall–Kier alpha value is -0.550. The summed E-state index contributed by atoms with van der Waals surface area (Å²) in [4.78, 5) is 4.13. The van der Waals surface area contributed by atoms with Gasteiger partial charge in [0.25, 0.3) is 0 Å². The number of hydrogen-bond donors (Lipinski definition) is 2. The van der Waals surface area contributed by atoms with Gasteiger partial charge in [-0.1, -0.05) is 12.1 Å². The topological polar surface area (TPSA) is 79.8 Å². The van der Waals surface area contributed by atoms with Gasteiger partial charge in [-0.05, 0) is 41.4 Å². The van der Waals surface area contributed by atoms with Crippen molar-refractivity contribution < 1.29 is 13.2 Å². The van der Waals surface area contributed by atoms with Crippen molar-refractivity contribution in [1.82, 2.24) is 10.6 Å². The molecule has 0 bridgehead atoms. The maximum absolute atomic E-state index is 11.5. The molecule has 6 nitrogen and oxygen atoms in total. The molecule has 0 spiro atoms. The molecule has 1 saturated heterocycles. The maximum atomic E-state index is 11.5. The highest BCUT2D eigenvalue weighted by Crippen LogP contribution is 2.24. The highest BCUT2D eigenvalue weighted by molar-refractivity contribution is 14.0. The van der Waals surface area contributed by atoms with Crippen molar-refractivity contribution in [2.24, 2.45) is 4.99 Å². The lowest BCUT2D eigenvalue weighted by Gasteiger charge is -2.20. The summed E-state index contributed by atoms with van der Waals surface area (Å²) in [7, 11) is -1.24. The first kappa shape index (κ1) is 21.5. The minimum absolute atomic E-state index is 0. The fourth-order valence-electron chi connectivity index (χ4n) is 2.34. The van der Waals surface area contributed by atoms with Gasteiger partial charge in [0.05, 0.1) is 22.5 Å². The van der Waals surface area contributed by atoms with Crippen LogP contribution in [0.5, 0.6) is 5.75 Å². The van der Waals surface area contributed by atoms with Crippen LogP contribution in [-0.4, -0.2) is 51.6 Å². The fourth-order valence-corrected chi connectivity index (χ4v) is 4.39. The third kappa shape index (κ3) is 6.75. The smallest absolute Gasteiger partial charge is 0.191 e. The molecule has 0 radical (unpaired) electrons. The molecular weight excluding hydrogens is 509 g/mol. The molecule has 2 atom stereocenters. The van der Waals surface area contributed by atoms with Crippen LogP contribution in [0.2, 0.25) is 0 Å². The molecule has 2 unspecified atom stereocenters. The van der Waals surface area contributed by atoms with E-state index in [2.05, 4.69) is 31.6 Å². The van der Waals surface area contributed by atoms with Gasteiger partial charge in [0.1, 0.15) is 11.9 Å². The Morgan fingerprint density at radius 2 is 2.17 bits per heavy atom. The molecule has 0 aromatic heterocycles. The molecule has 0 saturated carbocycles. The fraction of sp³-hybridized carbons (Fsp3) is 0.533. The van der Waals surface area contributed by atoms with Crippen LogP contribution < -0.4 is 15.4 Å². The van der Waals surface area contributed by atoms with E-state index in [4.69, 9.17) is 4.74 Å². The average Bonchev–Trinajstić information content (AvgIpc) is 2.85. The van der Waals surface area contributed by atoms with E-state index >= 15 is 0 Å². The Labute approximate surface area is 168 Å². The van der Waals surface area contributed by atoms with Crippen LogP contribution in [0.3, 0.4) is 0 Å². The van der Waals surface area contributed by atoms with E-state index in [1.807, 2.05) is 31.2 Å². The molecule has 2 rings (SSSR count). The van der Waals surface area contributed by atoms with Crippen LogP contribution in [0.25, 0.3) is 0 Å². The predicted octanol–water partition coefficient (Wildman–Crippen LogP) is 2.19. The molecule has 9 heteroatoms. The number of nitrogens with zero attached hydrogens (tertiary/aromatic N) is 1. The minimum atomic E-state index is -2.90. The van der Waals surface area contributed by atoms with E-state index in [1.165, 1.54) is 0 Å². The van der Waals surface area contributed by atoms with Crippen LogP contribution >= 0.6 is 39.9 Å². The normalized spacial score (nSPS) is 20.8. The Balaban J connectivity index is 0.00000288. The van der Waals surface area contributed by atoms with Gasteiger partial charge < -0.3 is 15.4 Å². The van der Waals surface area contributed by atoms with Crippen LogP contribution in [0.4, 0.5) is 0 Å². The summed E-state index contributed by atoms with van der Waals surface area (Å²) in [5, 5.41) is 6.31. The monoisotopic (exact) mass is 531 g/mol. The van der Waals surface area contributed by atoms with Crippen LogP contribution in [0, 0.1) is 0 Å². The predicted molar refractivity (Wildman–Crippen MR) is 111 cm³/mol. The Bertz CT molecular complexity index is 670. The molecule has 1 aliphatic heterocycles. The summed E-state index contributed by atoms with van der Waals surface area (Å²) < 4.78 is 29.7. The molecule has 1 aliphatic rings. The summed E-state index contributed by atoms with van der Waals surface area (Å²) >= 11 is 3.45. The van der Waals surface area contributed by atoms with E-state index in [-0.39, 0.29) is 47.6 Å². The summed E-state index contributed by atoms with van der Waals surface area (Å²) in [6, 6.07) is 7.60. The minimum Gasteiger partial charge on any atom is -0.488 e. The van der Waals surface area contributed by atoms with Gasteiger partial charge in [0, 0.05) is 13.1 Å². The van der Waals surface area contributed by atoms with Crippen molar-refractivity contribution in [3.63, 3.8) is 0 Å². The highest BCUT2D eigenvalue weighted by Gasteiger charge is 2.28. The molecule has 24 heavy (non-hydrogen) atoms. The first-order valence-electron chi connectivity index (χ1n) is 7.48. The van der Waals surface area contributed by atoms with Gasteiger partial charge in [-0.15, -0.1) is 24.0 Å². The number of rotatable bonds is 5. The summed E-state index contributed by atoms with van der Waals surface area (Å²) in [6.45, 7) is 2.51. The average molecular weight is 532 g/mol. The lowest BCUT2D eigenvalue weighted by Crippen LogP contribution is -2.46. The number of hydrogen-bond acceptors (Lipinski definition) is 4. The standard InChI is InChI=1S/C15H22BrN3O3S.HI/c1-11(22-14-6-4-3-5-13(14)16)9-18-15(17-2)19-12-7-8-23(20,21)10-12;/h3-6,11-12H,7-10H2,1-2H3,(H2,17,18,19);1H. The number of para-hydroxylation sites is 1. The van der Waals surface area contributed by atoms with Crippen molar-refractivity contribution in [2.75, 3.05) is 25.1 Å². The molecule has 0 aliphatic carbocycles. The van der Waals surface area contributed by atoms with Crippen molar-refractivity contribution >= 4 is 55.7 Å². The largest absolute Gasteiger partial charge is 0.488 e. The Kier molecular flexibility index (Phi) is 8.78. The van der Waals surface area contributed by atoms with E-state index in [0.29, 0.717) is 18.9 Å². The molecule has 0 amide bonds. The molecule has 1 aromatic rings. The molecular formula is C15H23BrIN3O3S. The maximum Gasteiger partial charge on any atom is 0.191 e. The zero-order valence-electron chi connectivity index (χ0n) is 13.7. The van der Waals surface area contributed by atoms with Crippen LogP contribution in [0.1, 0.15) is 13.3 Å².